The SMILES string of the molecule is O=C(c1cccc(Cl)c1)N1CCN(C(=O)C2CC2c2ccc(C(F)(F)F)cc2)CC1. The maximum absolute atomic E-state index is 12.8. The summed E-state index contributed by atoms with van der Waals surface area (Å²) < 4.78 is 38.1. The van der Waals surface area contributed by atoms with E-state index in [2.05, 4.69) is 0 Å². The van der Waals surface area contributed by atoms with Crippen LogP contribution >= 0.6 is 11.6 Å². The van der Waals surface area contributed by atoms with Crippen molar-refractivity contribution in [2.75, 3.05) is 26.2 Å². The second kappa shape index (κ2) is 7.95. The van der Waals surface area contributed by atoms with Crippen LogP contribution in [0.3, 0.4) is 0 Å². The van der Waals surface area contributed by atoms with Crippen LogP contribution in [0, 0.1) is 5.92 Å². The number of benzene rings is 2. The van der Waals surface area contributed by atoms with E-state index in [9.17, 15) is 22.8 Å². The Morgan fingerprint density at radius 3 is 2.17 bits per heavy atom. The molecule has 158 valence electrons. The van der Waals surface area contributed by atoms with Gasteiger partial charge in [0.15, 0.2) is 0 Å². The molecule has 2 aromatic rings. The molecule has 1 aliphatic heterocycles. The van der Waals surface area contributed by atoms with Gasteiger partial charge in [-0.15, -0.1) is 0 Å². The summed E-state index contributed by atoms with van der Waals surface area (Å²) in [6, 6.07) is 11.8. The van der Waals surface area contributed by atoms with Crippen molar-refractivity contribution < 1.29 is 22.8 Å². The van der Waals surface area contributed by atoms with Crippen molar-refractivity contribution in [1.29, 1.82) is 0 Å². The van der Waals surface area contributed by atoms with Crippen LogP contribution in [-0.2, 0) is 11.0 Å². The first kappa shape index (κ1) is 20.7. The third kappa shape index (κ3) is 4.31. The van der Waals surface area contributed by atoms with Crippen LogP contribution < -0.4 is 0 Å². The lowest BCUT2D eigenvalue weighted by atomic mass is 10.1. The normalized spacial score (nSPS) is 21.5. The van der Waals surface area contributed by atoms with Crippen LogP contribution in [0.2, 0.25) is 5.02 Å². The van der Waals surface area contributed by atoms with Gasteiger partial charge in [0, 0.05) is 42.7 Å². The van der Waals surface area contributed by atoms with E-state index in [1.807, 2.05) is 0 Å². The van der Waals surface area contributed by atoms with Crippen molar-refractivity contribution in [3.05, 3.63) is 70.2 Å². The molecule has 0 bridgehead atoms. The van der Waals surface area contributed by atoms with Crippen LogP contribution in [0.5, 0.6) is 0 Å². The first-order valence-electron chi connectivity index (χ1n) is 9.75. The Balaban J connectivity index is 1.31. The Morgan fingerprint density at radius 1 is 0.933 bits per heavy atom. The first-order valence-corrected chi connectivity index (χ1v) is 10.1. The number of carbonyl (C=O) groups is 2. The number of piperazine rings is 1. The van der Waals surface area contributed by atoms with E-state index in [0.29, 0.717) is 43.2 Å². The largest absolute Gasteiger partial charge is 0.416 e. The number of nitrogens with zero attached hydrogens (tertiary/aromatic N) is 2. The molecule has 1 aliphatic carbocycles. The lowest BCUT2D eigenvalue weighted by molar-refractivity contribution is -0.137. The van der Waals surface area contributed by atoms with Gasteiger partial charge in [-0.05, 0) is 48.2 Å². The minimum atomic E-state index is -4.36. The fourth-order valence-electron chi connectivity index (χ4n) is 3.92. The molecule has 2 fully saturated rings. The molecule has 2 amide bonds. The Morgan fingerprint density at radius 2 is 1.57 bits per heavy atom. The molecule has 1 heterocycles. The highest BCUT2D eigenvalue weighted by Crippen LogP contribution is 2.49. The molecule has 1 saturated carbocycles. The van der Waals surface area contributed by atoms with Crippen molar-refractivity contribution in [2.45, 2.75) is 18.5 Å². The Hall–Kier alpha value is -2.54. The molecule has 0 spiro atoms. The third-order valence-corrected chi connectivity index (χ3v) is 5.96. The Kier molecular flexibility index (Phi) is 5.49. The number of amides is 2. The average Bonchev–Trinajstić information content (AvgIpc) is 3.53. The first-order chi connectivity index (χ1) is 14.2. The summed E-state index contributed by atoms with van der Waals surface area (Å²) >= 11 is 5.95. The molecule has 2 unspecified atom stereocenters. The summed E-state index contributed by atoms with van der Waals surface area (Å²) in [7, 11) is 0. The van der Waals surface area contributed by atoms with Crippen LogP contribution in [0.25, 0.3) is 0 Å². The van der Waals surface area contributed by atoms with Crippen molar-refractivity contribution in [3.63, 3.8) is 0 Å². The number of hydrogen-bond donors (Lipinski definition) is 0. The van der Waals surface area contributed by atoms with Gasteiger partial charge in [0.2, 0.25) is 5.91 Å². The van der Waals surface area contributed by atoms with E-state index < -0.39 is 11.7 Å². The van der Waals surface area contributed by atoms with Crippen LogP contribution in [0.15, 0.2) is 48.5 Å². The van der Waals surface area contributed by atoms with Crippen LogP contribution in [-0.4, -0.2) is 47.8 Å². The van der Waals surface area contributed by atoms with Crippen molar-refractivity contribution in [3.8, 4) is 0 Å². The van der Waals surface area contributed by atoms with Gasteiger partial charge >= 0.3 is 6.18 Å². The lowest BCUT2D eigenvalue weighted by Gasteiger charge is -2.35. The predicted molar refractivity (Wildman–Crippen MR) is 106 cm³/mol. The molecule has 0 radical (unpaired) electrons. The quantitative estimate of drug-likeness (QED) is 0.713. The standard InChI is InChI=1S/C22H20ClF3N2O2/c23-17-3-1-2-15(12-17)20(29)27-8-10-28(11-9-27)21(30)19-13-18(19)14-4-6-16(7-5-14)22(24,25)26/h1-7,12,18-19H,8-11,13H2. The zero-order chi connectivity index (χ0) is 21.5. The van der Waals surface area contributed by atoms with Crippen LogP contribution in [0.1, 0.15) is 33.8 Å². The fourth-order valence-corrected chi connectivity index (χ4v) is 4.11. The molecular weight excluding hydrogens is 417 g/mol. The smallest absolute Gasteiger partial charge is 0.339 e. The monoisotopic (exact) mass is 436 g/mol. The fraction of sp³-hybridized carbons (Fsp3) is 0.364. The summed E-state index contributed by atoms with van der Waals surface area (Å²) in [6.07, 6.45) is -3.72. The zero-order valence-electron chi connectivity index (χ0n) is 16.0. The molecule has 4 nitrogen and oxygen atoms in total. The Labute approximate surface area is 177 Å². The van der Waals surface area contributed by atoms with Gasteiger partial charge in [0.05, 0.1) is 5.56 Å². The molecule has 2 aromatic carbocycles. The molecule has 2 aliphatic rings. The van der Waals surface area contributed by atoms with E-state index in [4.69, 9.17) is 11.6 Å². The van der Waals surface area contributed by atoms with Gasteiger partial charge in [0.25, 0.3) is 5.91 Å². The second-order valence-electron chi connectivity index (χ2n) is 7.70. The summed E-state index contributed by atoms with van der Waals surface area (Å²) in [5, 5.41) is 0.498. The minimum Gasteiger partial charge on any atom is -0.339 e. The number of rotatable bonds is 3. The van der Waals surface area contributed by atoms with Crippen molar-refractivity contribution >= 4 is 23.4 Å². The molecule has 0 aromatic heterocycles. The highest BCUT2D eigenvalue weighted by atomic mass is 35.5. The lowest BCUT2D eigenvalue weighted by Crippen LogP contribution is -2.51. The average molecular weight is 437 g/mol. The van der Waals surface area contributed by atoms with Crippen LogP contribution in [0.4, 0.5) is 13.2 Å². The summed E-state index contributed by atoms with van der Waals surface area (Å²) in [5.74, 6) is -0.337. The van der Waals surface area contributed by atoms with E-state index in [1.165, 1.54) is 12.1 Å². The number of hydrogen-bond acceptors (Lipinski definition) is 2. The zero-order valence-corrected chi connectivity index (χ0v) is 16.8. The van der Waals surface area contributed by atoms with Gasteiger partial charge in [-0.2, -0.15) is 13.2 Å². The number of halogens is 4. The van der Waals surface area contributed by atoms with Crippen molar-refractivity contribution in [2.24, 2.45) is 5.92 Å². The maximum atomic E-state index is 12.8. The highest BCUT2D eigenvalue weighted by molar-refractivity contribution is 6.30. The van der Waals surface area contributed by atoms with Gasteiger partial charge in [-0.1, -0.05) is 29.8 Å². The Bertz CT molecular complexity index is 954. The molecular formula is C22H20ClF3N2O2. The molecule has 4 rings (SSSR count). The van der Waals surface area contributed by atoms with E-state index in [0.717, 1.165) is 17.7 Å². The molecule has 2 atom stereocenters. The van der Waals surface area contributed by atoms with Gasteiger partial charge < -0.3 is 9.80 Å². The summed E-state index contributed by atoms with van der Waals surface area (Å²) in [5.41, 5.74) is 0.596. The molecule has 1 saturated heterocycles. The van der Waals surface area contributed by atoms with E-state index in [1.54, 1.807) is 34.1 Å². The number of carbonyl (C=O) groups excluding carboxylic acids is 2. The molecule has 0 N–H and O–H groups in total. The summed E-state index contributed by atoms with van der Waals surface area (Å²) in [4.78, 5) is 28.8. The third-order valence-electron chi connectivity index (χ3n) is 5.72. The highest BCUT2D eigenvalue weighted by Gasteiger charge is 2.46. The molecule has 30 heavy (non-hydrogen) atoms. The summed E-state index contributed by atoms with van der Waals surface area (Å²) in [6.45, 7) is 1.77. The van der Waals surface area contributed by atoms with Gasteiger partial charge in [-0.3, -0.25) is 9.59 Å². The topological polar surface area (TPSA) is 40.6 Å². The predicted octanol–water partition coefficient (Wildman–Crippen LogP) is 4.45. The van der Waals surface area contributed by atoms with Gasteiger partial charge in [-0.25, -0.2) is 0 Å². The molecule has 8 heteroatoms. The number of alkyl halides is 3. The maximum Gasteiger partial charge on any atom is 0.416 e. The van der Waals surface area contributed by atoms with Crippen molar-refractivity contribution in [1.82, 2.24) is 9.80 Å². The van der Waals surface area contributed by atoms with E-state index >= 15 is 0 Å². The minimum absolute atomic E-state index is 0.00903. The van der Waals surface area contributed by atoms with Gasteiger partial charge in [0.1, 0.15) is 0 Å². The van der Waals surface area contributed by atoms with E-state index in [-0.39, 0.29) is 23.7 Å². The second-order valence-corrected chi connectivity index (χ2v) is 8.13.